The molecular formula is C18H25N7O2. The molecule has 0 atom stereocenters. The Morgan fingerprint density at radius 1 is 1.07 bits per heavy atom. The van der Waals surface area contributed by atoms with Gasteiger partial charge in [0.15, 0.2) is 0 Å². The van der Waals surface area contributed by atoms with Crippen molar-refractivity contribution in [2.75, 3.05) is 22.9 Å². The second-order valence-electron chi connectivity index (χ2n) is 7.44. The van der Waals surface area contributed by atoms with Crippen LogP contribution in [0.1, 0.15) is 44.9 Å². The molecule has 3 aliphatic rings. The molecule has 9 nitrogen and oxygen atoms in total. The van der Waals surface area contributed by atoms with Gasteiger partial charge in [-0.2, -0.15) is 4.99 Å². The van der Waals surface area contributed by atoms with Gasteiger partial charge in [-0.3, -0.25) is 15.0 Å². The normalized spacial score (nSPS) is 21.9. The maximum atomic E-state index is 11.8. The smallest absolute Gasteiger partial charge is 0.293 e. The molecule has 9 heteroatoms. The summed E-state index contributed by atoms with van der Waals surface area (Å²) in [4.78, 5) is 24.1. The van der Waals surface area contributed by atoms with E-state index in [9.17, 15) is 10.1 Å². The van der Waals surface area contributed by atoms with Gasteiger partial charge in [-0.05, 0) is 50.7 Å². The summed E-state index contributed by atoms with van der Waals surface area (Å²) in [6.07, 6.45) is 6.80. The summed E-state index contributed by atoms with van der Waals surface area (Å²) in [5.74, 6) is 0.315. The van der Waals surface area contributed by atoms with Crippen molar-refractivity contribution in [3.8, 4) is 0 Å². The minimum Gasteiger partial charge on any atom is -0.371 e. The van der Waals surface area contributed by atoms with Crippen molar-refractivity contribution in [3.05, 3.63) is 28.3 Å². The standard InChI is InChI=1S/C18H25N7O2/c19-16-21-17(20)24(18(22-16)8-2-1-3-9-18)15-12-13(23-10-4-5-11-23)6-7-14(15)25(26)27/h6-7,12H,1-5,8-11H2,(H4,19,20,21,22). The molecule has 2 aliphatic heterocycles. The molecule has 1 aromatic rings. The predicted molar refractivity (Wildman–Crippen MR) is 106 cm³/mol. The summed E-state index contributed by atoms with van der Waals surface area (Å²) in [7, 11) is 0. The average Bonchev–Trinajstić information content (AvgIpc) is 3.16. The molecule has 1 spiro atoms. The van der Waals surface area contributed by atoms with E-state index >= 15 is 0 Å². The van der Waals surface area contributed by atoms with Crippen molar-refractivity contribution in [3.63, 3.8) is 0 Å². The van der Waals surface area contributed by atoms with E-state index in [-0.39, 0.29) is 22.5 Å². The fourth-order valence-electron chi connectivity index (χ4n) is 4.49. The van der Waals surface area contributed by atoms with Crippen LogP contribution in [-0.4, -0.2) is 35.6 Å². The van der Waals surface area contributed by atoms with Gasteiger partial charge in [0, 0.05) is 24.8 Å². The minimum absolute atomic E-state index is 0.0108. The van der Waals surface area contributed by atoms with Crippen LogP contribution in [0.25, 0.3) is 0 Å². The lowest BCUT2D eigenvalue weighted by atomic mass is 9.87. The SMILES string of the molecule is NC1=NC2(CCCCC2)N(c2cc(N3CCCC3)ccc2[N+](=O)[O-])C(N)=N1. The van der Waals surface area contributed by atoms with E-state index in [1.165, 1.54) is 0 Å². The van der Waals surface area contributed by atoms with E-state index in [0.717, 1.165) is 63.7 Å². The predicted octanol–water partition coefficient (Wildman–Crippen LogP) is 2.30. The van der Waals surface area contributed by atoms with Crippen molar-refractivity contribution in [1.82, 2.24) is 0 Å². The van der Waals surface area contributed by atoms with E-state index < -0.39 is 5.66 Å². The van der Waals surface area contributed by atoms with Crippen LogP contribution in [0.5, 0.6) is 0 Å². The molecule has 0 radical (unpaired) electrons. The molecule has 0 aromatic heterocycles. The number of nitro benzene ring substituents is 1. The van der Waals surface area contributed by atoms with Crippen LogP contribution in [0.15, 0.2) is 28.2 Å². The molecule has 0 amide bonds. The highest BCUT2D eigenvalue weighted by atomic mass is 16.6. The van der Waals surface area contributed by atoms with Crippen LogP contribution in [0, 0.1) is 10.1 Å². The highest BCUT2D eigenvalue weighted by Gasteiger charge is 2.44. The summed E-state index contributed by atoms with van der Waals surface area (Å²) in [6, 6.07) is 5.24. The summed E-state index contributed by atoms with van der Waals surface area (Å²) < 4.78 is 0. The molecule has 1 aromatic carbocycles. The molecular weight excluding hydrogens is 346 g/mol. The van der Waals surface area contributed by atoms with Crippen LogP contribution in [-0.2, 0) is 0 Å². The maximum Gasteiger partial charge on any atom is 0.293 e. The largest absolute Gasteiger partial charge is 0.371 e. The fraction of sp³-hybridized carbons (Fsp3) is 0.556. The molecule has 27 heavy (non-hydrogen) atoms. The summed E-state index contributed by atoms with van der Waals surface area (Å²) in [5, 5.41) is 11.8. The van der Waals surface area contributed by atoms with Gasteiger partial charge < -0.3 is 16.4 Å². The minimum atomic E-state index is -0.692. The first-order chi connectivity index (χ1) is 13.0. The third kappa shape index (κ3) is 3.07. The van der Waals surface area contributed by atoms with Crippen molar-refractivity contribution in [2.24, 2.45) is 21.5 Å². The van der Waals surface area contributed by atoms with Gasteiger partial charge in [-0.1, -0.05) is 6.42 Å². The molecule has 0 unspecified atom stereocenters. The Morgan fingerprint density at radius 3 is 2.44 bits per heavy atom. The van der Waals surface area contributed by atoms with Crippen LogP contribution >= 0.6 is 0 Å². The van der Waals surface area contributed by atoms with E-state index in [1.54, 1.807) is 11.0 Å². The molecule has 0 bridgehead atoms. The highest BCUT2D eigenvalue weighted by molar-refractivity contribution is 6.07. The number of hydrogen-bond donors (Lipinski definition) is 2. The zero-order valence-electron chi connectivity index (χ0n) is 15.3. The first kappa shape index (κ1) is 17.6. The number of rotatable bonds is 3. The number of guanidine groups is 2. The Morgan fingerprint density at radius 2 is 1.78 bits per heavy atom. The molecule has 1 saturated heterocycles. The van der Waals surface area contributed by atoms with E-state index in [0.29, 0.717) is 5.69 Å². The van der Waals surface area contributed by atoms with Gasteiger partial charge in [0.05, 0.1) is 4.92 Å². The zero-order chi connectivity index (χ0) is 19.0. The second kappa shape index (κ2) is 6.71. The average molecular weight is 371 g/mol. The van der Waals surface area contributed by atoms with Gasteiger partial charge >= 0.3 is 0 Å². The van der Waals surface area contributed by atoms with Gasteiger partial charge in [-0.15, -0.1) is 0 Å². The van der Waals surface area contributed by atoms with Crippen LogP contribution in [0.2, 0.25) is 0 Å². The van der Waals surface area contributed by atoms with Gasteiger partial charge in [0.2, 0.25) is 11.9 Å². The molecule has 2 heterocycles. The number of nitro groups is 1. The fourth-order valence-corrected chi connectivity index (χ4v) is 4.49. The lowest BCUT2D eigenvalue weighted by molar-refractivity contribution is -0.384. The van der Waals surface area contributed by atoms with Crippen LogP contribution in [0.3, 0.4) is 0 Å². The molecule has 4 N–H and O–H groups in total. The Hall–Kier alpha value is -2.84. The maximum absolute atomic E-state index is 11.8. The zero-order valence-corrected chi connectivity index (χ0v) is 15.3. The van der Waals surface area contributed by atoms with Crippen molar-refractivity contribution in [2.45, 2.75) is 50.6 Å². The number of nitrogens with zero attached hydrogens (tertiary/aromatic N) is 5. The Kier molecular flexibility index (Phi) is 4.37. The summed E-state index contributed by atoms with van der Waals surface area (Å²) >= 11 is 0. The molecule has 2 fully saturated rings. The van der Waals surface area contributed by atoms with Crippen LogP contribution in [0.4, 0.5) is 17.1 Å². The Labute approximate surface area is 157 Å². The van der Waals surface area contributed by atoms with E-state index in [4.69, 9.17) is 11.5 Å². The number of anilines is 2. The van der Waals surface area contributed by atoms with Crippen molar-refractivity contribution >= 4 is 29.0 Å². The second-order valence-corrected chi connectivity index (χ2v) is 7.44. The Balaban J connectivity index is 1.84. The number of nitrogens with two attached hydrogens (primary N) is 2. The highest BCUT2D eigenvalue weighted by Crippen LogP contribution is 2.43. The van der Waals surface area contributed by atoms with E-state index in [2.05, 4.69) is 14.9 Å². The number of aliphatic imine (C=N–C) groups is 2. The molecule has 4 rings (SSSR count). The van der Waals surface area contributed by atoms with Crippen LogP contribution < -0.4 is 21.3 Å². The molecule has 144 valence electrons. The first-order valence-corrected chi connectivity index (χ1v) is 9.53. The summed E-state index contributed by atoms with van der Waals surface area (Å²) in [5.41, 5.74) is 12.9. The van der Waals surface area contributed by atoms with Crippen molar-refractivity contribution < 1.29 is 4.92 Å². The van der Waals surface area contributed by atoms with E-state index in [1.807, 2.05) is 12.1 Å². The third-order valence-electron chi connectivity index (χ3n) is 5.72. The quantitative estimate of drug-likeness (QED) is 0.620. The molecule has 1 aliphatic carbocycles. The topological polar surface area (TPSA) is 126 Å². The van der Waals surface area contributed by atoms with Crippen molar-refractivity contribution in [1.29, 1.82) is 0 Å². The van der Waals surface area contributed by atoms with Gasteiger partial charge in [0.25, 0.3) is 5.69 Å². The monoisotopic (exact) mass is 371 g/mol. The lowest BCUT2D eigenvalue weighted by Gasteiger charge is -2.45. The summed E-state index contributed by atoms with van der Waals surface area (Å²) in [6.45, 7) is 1.91. The first-order valence-electron chi connectivity index (χ1n) is 9.53. The van der Waals surface area contributed by atoms with Gasteiger partial charge in [0.1, 0.15) is 11.4 Å². The lowest BCUT2D eigenvalue weighted by Crippen LogP contribution is -2.58. The van der Waals surface area contributed by atoms with Gasteiger partial charge in [-0.25, -0.2) is 4.99 Å². The number of hydrogen-bond acceptors (Lipinski definition) is 8. The molecule has 1 saturated carbocycles. The Bertz CT molecular complexity index is 808. The third-order valence-corrected chi connectivity index (χ3v) is 5.72. The number of benzene rings is 1.